The number of hydrogen-bond donors (Lipinski definition) is 1. The minimum atomic E-state index is -0.241. The molecule has 0 aliphatic heterocycles. The molecule has 0 aliphatic carbocycles. The van der Waals surface area contributed by atoms with E-state index in [-0.39, 0.29) is 5.91 Å². The third-order valence-electron chi connectivity index (χ3n) is 4.25. The first-order valence-corrected chi connectivity index (χ1v) is 8.66. The van der Waals surface area contributed by atoms with E-state index in [9.17, 15) is 4.79 Å². The summed E-state index contributed by atoms with van der Waals surface area (Å²) in [5.74, 6) is -0.241. The molecular weight excluding hydrogens is 336 g/mol. The van der Waals surface area contributed by atoms with Crippen molar-refractivity contribution in [3.8, 4) is 0 Å². The highest BCUT2D eigenvalue weighted by molar-refractivity contribution is 5.95. The third-order valence-corrected chi connectivity index (χ3v) is 4.25. The third kappa shape index (κ3) is 4.10. The maximum atomic E-state index is 12.4. The monoisotopic (exact) mass is 354 g/mol. The number of hydrogen-bond acceptors (Lipinski definition) is 3. The number of fused-ring (bicyclic) bond motifs is 1. The smallest absolute Gasteiger partial charge is 0.268 e. The summed E-state index contributed by atoms with van der Waals surface area (Å²) in [5.41, 5.74) is 5.09. The number of benzene rings is 3. The lowest BCUT2D eigenvalue weighted by molar-refractivity contribution is 0.0955. The van der Waals surface area contributed by atoms with Crippen LogP contribution in [0, 0.1) is 0 Å². The molecule has 0 radical (unpaired) electrons. The maximum absolute atomic E-state index is 12.4. The van der Waals surface area contributed by atoms with E-state index in [0.29, 0.717) is 12.1 Å². The lowest BCUT2D eigenvalue weighted by Crippen LogP contribution is -2.18. The zero-order valence-electron chi connectivity index (χ0n) is 14.6. The predicted octanol–water partition coefficient (Wildman–Crippen LogP) is 3.85. The number of nitrogens with one attached hydrogen (secondary N) is 1. The maximum Gasteiger partial charge on any atom is 0.271 e. The second-order valence-corrected chi connectivity index (χ2v) is 6.21. The van der Waals surface area contributed by atoms with Gasteiger partial charge in [0.25, 0.3) is 5.91 Å². The number of carbonyl (C=O) groups is 1. The lowest BCUT2D eigenvalue weighted by Gasteiger charge is -2.05. The molecule has 4 aromatic rings. The first-order valence-electron chi connectivity index (χ1n) is 8.66. The number of rotatable bonds is 5. The van der Waals surface area contributed by atoms with E-state index >= 15 is 0 Å². The highest BCUT2D eigenvalue weighted by Gasteiger charge is 2.05. The van der Waals surface area contributed by atoms with Crippen LogP contribution in [-0.2, 0) is 6.54 Å². The predicted molar refractivity (Wildman–Crippen MR) is 107 cm³/mol. The minimum Gasteiger partial charge on any atom is -0.268 e. The fraction of sp³-hybridized carbons (Fsp3) is 0.0455. The van der Waals surface area contributed by atoms with Gasteiger partial charge in [0.05, 0.1) is 12.8 Å². The van der Waals surface area contributed by atoms with Crippen LogP contribution in [0.3, 0.4) is 0 Å². The molecule has 4 rings (SSSR count). The van der Waals surface area contributed by atoms with Gasteiger partial charge in [0, 0.05) is 18.0 Å². The highest BCUT2D eigenvalue weighted by atomic mass is 16.2. The summed E-state index contributed by atoms with van der Waals surface area (Å²) in [4.78, 5) is 12.4. The van der Waals surface area contributed by atoms with Crippen molar-refractivity contribution in [1.29, 1.82) is 0 Å². The van der Waals surface area contributed by atoms with Crippen molar-refractivity contribution in [1.82, 2.24) is 15.2 Å². The highest BCUT2D eigenvalue weighted by Crippen LogP contribution is 2.14. The first kappa shape index (κ1) is 16.7. The molecule has 1 N–H and O–H groups in total. The van der Waals surface area contributed by atoms with Gasteiger partial charge in [-0.15, -0.1) is 0 Å². The van der Waals surface area contributed by atoms with E-state index < -0.39 is 0 Å². The first-order chi connectivity index (χ1) is 13.3. The Bertz CT molecular complexity index is 1100. The van der Waals surface area contributed by atoms with Gasteiger partial charge in [-0.2, -0.15) is 10.2 Å². The normalized spacial score (nSPS) is 11.1. The van der Waals surface area contributed by atoms with E-state index in [1.807, 2.05) is 65.5 Å². The molecule has 0 unspecified atom stereocenters. The van der Waals surface area contributed by atoms with Crippen LogP contribution in [0.4, 0.5) is 0 Å². The van der Waals surface area contributed by atoms with Crippen molar-refractivity contribution >= 4 is 22.9 Å². The summed E-state index contributed by atoms with van der Waals surface area (Å²) in [6.45, 7) is 0.620. The van der Waals surface area contributed by atoms with Gasteiger partial charge < -0.3 is 0 Å². The SMILES string of the molecule is O=C(N/N=C\c1ccc2ccccc2c1)c1cccc(Cn2cccn2)c1. The van der Waals surface area contributed by atoms with E-state index in [2.05, 4.69) is 27.8 Å². The molecule has 5 heteroatoms. The van der Waals surface area contributed by atoms with Gasteiger partial charge >= 0.3 is 0 Å². The van der Waals surface area contributed by atoms with Crippen LogP contribution in [-0.4, -0.2) is 21.9 Å². The molecule has 1 aromatic heterocycles. The Kier molecular flexibility index (Phi) is 4.74. The Morgan fingerprint density at radius 1 is 1.00 bits per heavy atom. The Morgan fingerprint density at radius 2 is 1.89 bits per heavy atom. The summed E-state index contributed by atoms with van der Waals surface area (Å²) in [7, 11) is 0. The van der Waals surface area contributed by atoms with Crippen LogP contribution in [0.1, 0.15) is 21.5 Å². The van der Waals surface area contributed by atoms with Gasteiger partial charge in [-0.3, -0.25) is 9.48 Å². The Labute approximate surface area is 157 Å². The average molecular weight is 354 g/mol. The van der Waals surface area contributed by atoms with Crippen molar-refractivity contribution in [2.75, 3.05) is 0 Å². The Hall–Kier alpha value is -3.73. The molecule has 0 bridgehead atoms. The van der Waals surface area contributed by atoms with Crippen molar-refractivity contribution in [2.45, 2.75) is 6.54 Å². The van der Waals surface area contributed by atoms with Crippen LogP contribution < -0.4 is 5.43 Å². The van der Waals surface area contributed by atoms with E-state index in [0.717, 1.165) is 16.5 Å². The number of carbonyl (C=O) groups excluding carboxylic acids is 1. The number of aromatic nitrogens is 2. The molecule has 3 aromatic carbocycles. The van der Waals surface area contributed by atoms with E-state index in [4.69, 9.17) is 0 Å². The molecule has 132 valence electrons. The summed E-state index contributed by atoms with van der Waals surface area (Å²) in [6.07, 6.45) is 5.27. The summed E-state index contributed by atoms with van der Waals surface area (Å²) >= 11 is 0. The summed E-state index contributed by atoms with van der Waals surface area (Å²) in [6, 6.07) is 23.5. The van der Waals surface area contributed by atoms with Gasteiger partial charge in [0.1, 0.15) is 0 Å². The molecule has 5 nitrogen and oxygen atoms in total. The summed E-state index contributed by atoms with van der Waals surface area (Å²) in [5, 5.41) is 10.6. The van der Waals surface area contributed by atoms with Crippen molar-refractivity contribution in [2.24, 2.45) is 5.10 Å². The van der Waals surface area contributed by atoms with Gasteiger partial charge in [0.15, 0.2) is 0 Å². The van der Waals surface area contributed by atoms with Crippen LogP contribution in [0.15, 0.2) is 90.3 Å². The molecule has 27 heavy (non-hydrogen) atoms. The van der Waals surface area contributed by atoms with Crippen LogP contribution in [0.2, 0.25) is 0 Å². The molecule has 0 aliphatic rings. The molecule has 0 spiro atoms. The van der Waals surface area contributed by atoms with Crippen LogP contribution >= 0.6 is 0 Å². The van der Waals surface area contributed by atoms with Crippen LogP contribution in [0.25, 0.3) is 10.8 Å². The largest absolute Gasteiger partial charge is 0.271 e. The second-order valence-electron chi connectivity index (χ2n) is 6.21. The Balaban J connectivity index is 1.43. The number of hydrazone groups is 1. The van der Waals surface area contributed by atoms with Gasteiger partial charge in [0.2, 0.25) is 0 Å². The van der Waals surface area contributed by atoms with E-state index in [1.165, 1.54) is 5.39 Å². The zero-order valence-corrected chi connectivity index (χ0v) is 14.6. The van der Waals surface area contributed by atoms with Gasteiger partial charge in [-0.1, -0.05) is 48.5 Å². The molecule has 1 amide bonds. The topological polar surface area (TPSA) is 59.3 Å². The van der Waals surface area contributed by atoms with Gasteiger partial charge in [-0.25, -0.2) is 5.43 Å². The molecule has 0 saturated carbocycles. The Morgan fingerprint density at radius 3 is 2.74 bits per heavy atom. The lowest BCUT2D eigenvalue weighted by atomic mass is 10.1. The van der Waals surface area contributed by atoms with Crippen molar-refractivity contribution in [3.63, 3.8) is 0 Å². The second kappa shape index (κ2) is 7.66. The minimum absolute atomic E-state index is 0.241. The molecule has 0 saturated heterocycles. The zero-order chi connectivity index (χ0) is 18.5. The number of nitrogens with zero attached hydrogens (tertiary/aromatic N) is 3. The average Bonchev–Trinajstić information content (AvgIpc) is 3.21. The van der Waals surface area contributed by atoms with Gasteiger partial charge in [-0.05, 0) is 46.2 Å². The summed E-state index contributed by atoms with van der Waals surface area (Å²) < 4.78 is 1.81. The van der Waals surface area contributed by atoms with E-state index in [1.54, 1.807) is 18.5 Å². The number of amides is 1. The fourth-order valence-corrected chi connectivity index (χ4v) is 2.91. The van der Waals surface area contributed by atoms with Crippen LogP contribution in [0.5, 0.6) is 0 Å². The molecular formula is C22H18N4O. The van der Waals surface area contributed by atoms with Crippen molar-refractivity contribution < 1.29 is 4.79 Å². The van der Waals surface area contributed by atoms with Crippen molar-refractivity contribution in [3.05, 3.63) is 102 Å². The molecule has 1 heterocycles. The fourth-order valence-electron chi connectivity index (χ4n) is 2.91. The molecule has 0 atom stereocenters. The molecule has 0 fully saturated rings. The standard InChI is InChI=1S/C22H18N4O/c27-22(21-8-3-5-18(14-21)16-26-12-4-11-24-26)25-23-15-17-9-10-19-6-1-2-7-20(19)13-17/h1-15H,16H2,(H,25,27)/b23-15-. The quantitative estimate of drug-likeness (QED) is 0.437.